The number of pyridine rings is 1. The molecule has 0 aliphatic rings. The molecule has 1 heterocycles. The van der Waals surface area contributed by atoms with Gasteiger partial charge in [0.2, 0.25) is 0 Å². The monoisotopic (exact) mass is 304 g/mol. The molecule has 3 nitrogen and oxygen atoms in total. The van der Waals surface area contributed by atoms with Crippen molar-refractivity contribution in [2.45, 2.75) is 13.3 Å². The number of hydrogen-bond acceptors (Lipinski definition) is 3. The summed E-state index contributed by atoms with van der Waals surface area (Å²) >= 11 is 3.44. The van der Waals surface area contributed by atoms with E-state index >= 15 is 0 Å². The molecule has 92 valence electrons. The Balaban J connectivity index is 2.31. The van der Waals surface area contributed by atoms with Gasteiger partial charge in [-0.05, 0) is 30.2 Å². The molecule has 4 heteroatoms. The van der Waals surface area contributed by atoms with E-state index in [0.29, 0.717) is 17.8 Å². The van der Waals surface area contributed by atoms with Crippen molar-refractivity contribution in [3.8, 4) is 0 Å². The molecule has 0 atom stereocenters. The van der Waals surface area contributed by atoms with Crippen LogP contribution in [0.25, 0.3) is 0 Å². The number of nitrogens with zero attached hydrogens (tertiary/aromatic N) is 1. The van der Waals surface area contributed by atoms with E-state index in [4.69, 9.17) is 5.73 Å². The second-order valence-corrected chi connectivity index (χ2v) is 4.93. The van der Waals surface area contributed by atoms with Gasteiger partial charge in [0.15, 0.2) is 5.78 Å². The summed E-state index contributed by atoms with van der Waals surface area (Å²) in [5.74, 6) is 0.289. The van der Waals surface area contributed by atoms with Gasteiger partial charge in [0.05, 0.1) is 5.56 Å². The summed E-state index contributed by atoms with van der Waals surface area (Å²) in [7, 11) is 0. The number of halogens is 1. The summed E-state index contributed by atoms with van der Waals surface area (Å²) in [5.41, 5.74) is 8.10. The van der Waals surface area contributed by atoms with Crippen molar-refractivity contribution in [2.75, 3.05) is 5.73 Å². The van der Waals surface area contributed by atoms with E-state index in [1.165, 1.54) is 0 Å². The third kappa shape index (κ3) is 2.59. The number of carbonyl (C=O) groups excluding carboxylic acids is 1. The Morgan fingerprint density at radius 1 is 1.33 bits per heavy atom. The average molecular weight is 305 g/mol. The molecule has 0 unspecified atom stereocenters. The van der Waals surface area contributed by atoms with Gasteiger partial charge >= 0.3 is 0 Å². The number of nitrogens with two attached hydrogens (primary N) is 1. The molecule has 2 N–H and O–H groups in total. The maximum absolute atomic E-state index is 12.3. The van der Waals surface area contributed by atoms with Crippen molar-refractivity contribution < 1.29 is 4.79 Å². The van der Waals surface area contributed by atoms with E-state index in [1.807, 2.05) is 31.2 Å². The van der Waals surface area contributed by atoms with Crippen LogP contribution in [-0.2, 0) is 6.42 Å². The molecule has 2 rings (SSSR count). The lowest BCUT2D eigenvalue weighted by molar-refractivity contribution is 0.0993. The summed E-state index contributed by atoms with van der Waals surface area (Å²) in [4.78, 5) is 16.2. The van der Waals surface area contributed by atoms with Crippen molar-refractivity contribution in [2.24, 2.45) is 0 Å². The number of hydrogen-bond donors (Lipinski definition) is 1. The Morgan fingerprint density at radius 3 is 2.72 bits per heavy atom. The van der Waals surface area contributed by atoms with Crippen molar-refractivity contribution in [1.29, 1.82) is 0 Å². The molecular formula is C14H13BrN2O. The Kier molecular flexibility index (Phi) is 3.77. The lowest BCUT2D eigenvalue weighted by Gasteiger charge is -2.08. The van der Waals surface area contributed by atoms with Gasteiger partial charge in [-0.25, -0.2) is 4.98 Å². The lowest BCUT2D eigenvalue weighted by Crippen LogP contribution is -2.10. The SMILES string of the molecule is Cc1ccnc(N)c1C(=O)Cc1ccccc1Br. The lowest BCUT2D eigenvalue weighted by atomic mass is 10.0. The molecule has 0 saturated carbocycles. The molecule has 0 aliphatic carbocycles. The van der Waals surface area contributed by atoms with Crippen molar-refractivity contribution >= 4 is 27.5 Å². The molecule has 1 aromatic heterocycles. The van der Waals surface area contributed by atoms with Crippen LogP contribution in [0, 0.1) is 6.92 Å². The smallest absolute Gasteiger partial charge is 0.171 e. The van der Waals surface area contributed by atoms with Gasteiger partial charge < -0.3 is 5.73 Å². The Hall–Kier alpha value is -1.68. The molecule has 0 amide bonds. The molecule has 0 saturated heterocycles. The fourth-order valence-electron chi connectivity index (χ4n) is 1.85. The van der Waals surface area contributed by atoms with Gasteiger partial charge in [-0.3, -0.25) is 4.79 Å². The number of nitrogen functional groups attached to an aromatic ring is 1. The quantitative estimate of drug-likeness (QED) is 0.886. The first kappa shape index (κ1) is 12.8. The molecule has 18 heavy (non-hydrogen) atoms. The summed E-state index contributed by atoms with van der Waals surface area (Å²) in [6, 6.07) is 9.46. The zero-order valence-corrected chi connectivity index (χ0v) is 11.6. The van der Waals surface area contributed by atoms with Crippen LogP contribution in [0.1, 0.15) is 21.5 Å². The van der Waals surface area contributed by atoms with Gasteiger partial charge in [0.25, 0.3) is 0 Å². The number of aromatic nitrogens is 1. The third-order valence-corrected chi connectivity index (χ3v) is 3.55. The number of ketones is 1. The fourth-order valence-corrected chi connectivity index (χ4v) is 2.27. The molecule has 2 aromatic rings. The van der Waals surface area contributed by atoms with Crippen LogP contribution in [0.5, 0.6) is 0 Å². The number of rotatable bonds is 3. The minimum absolute atomic E-state index is 0.00926. The van der Waals surface area contributed by atoms with E-state index in [0.717, 1.165) is 15.6 Å². The van der Waals surface area contributed by atoms with E-state index in [2.05, 4.69) is 20.9 Å². The topological polar surface area (TPSA) is 56.0 Å². The fraction of sp³-hybridized carbons (Fsp3) is 0.143. The first-order valence-corrected chi connectivity index (χ1v) is 6.36. The van der Waals surface area contributed by atoms with E-state index < -0.39 is 0 Å². The highest BCUT2D eigenvalue weighted by Gasteiger charge is 2.15. The number of carbonyl (C=O) groups is 1. The van der Waals surface area contributed by atoms with Crippen molar-refractivity contribution in [1.82, 2.24) is 4.98 Å². The van der Waals surface area contributed by atoms with E-state index in [9.17, 15) is 4.79 Å². The number of Topliss-reactive ketones (excluding diaryl/α,β-unsaturated/α-hetero) is 1. The van der Waals surface area contributed by atoms with Crippen LogP contribution in [0.15, 0.2) is 41.0 Å². The molecule has 1 aromatic carbocycles. The van der Waals surface area contributed by atoms with Crippen LogP contribution in [-0.4, -0.2) is 10.8 Å². The van der Waals surface area contributed by atoms with Crippen molar-refractivity contribution in [3.05, 3.63) is 57.7 Å². The van der Waals surface area contributed by atoms with E-state index in [1.54, 1.807) is 12.3 Å². The van der Waals surface area contributed by atoms with Crippen LogP contribution in [0.2, 0.25) is 0 Å². The Labute approximate surface area is 114 Å². The normalized spacial score (nSPS) is 10.3. The van der Waals surface area contributed by atoms with Crippen LogP contribution < -0.4 is 5.73 Å². The standard InChI is InChI=1S/C14H13BrN2O/c1-9-6-7-17-14(16)13(9)12(18)8-10-4-2-3-5-11(10)15/h2-7H,8H2,1H3,(H2,16,17). The summed E-state index contributed by atoms with van der Waals surface area (Å²) in [6.45, 7) is 1.87. The van der Waals surface area contributed by atoms with E-state index in [-0.39, 0.29) is 5.78 Å². The molecule has 0 spiro atoms. The number of aryl methyl sites for hydroxylation is 1. The summed E-state index contributed by atoms with van der Waals surface area (Å²) < 4.78 is 0.929. The van der Waals surface area contributed by atoms with Gasteiger partial charge in [-0.2, -0.15) is 0 Å². The number of anilines is 1. The van der Waals surface area contributed by atoms with Gasteiger partial charge in [0.1, 0.15) is 5.82 Å². The molecule has 0 aliphatic heterocycles. The summed E-state index contributed by atoms with van der Waals surface area (Å²) in [6.07, 6.45) is 1.93. The maximum Gasteiger partial charge on any atom is 0.171 e. The van der Waals surface area contributed by atoms with Gasteiger partial charge in [-0.1, -0.05) is 34.1 Å². The zero-order chi connectivity index (χ0) is 13.1. The van der Waals surface area contributed by atoms with Gasteiger partial charge in [0, 0.05) is 17.1 Å². The Bertz CT molecular complexity index is 576. The van der Waals surface area contributed by atoms with Crippen LogP contribution in [0.4, 0.5) is 5.82 Å². The third-order valence-electron chi connectivity index (χ3n) is 2.78. The minimum atomic E-state index is -0.00926. The van der Waals surface area contributed by atoms with Crippen LogP contribution in [0.3, 0.4) is 0 Å². The highest BCUT2D eigenvalue weighted by molar-refractivity contribution is 9.10. The predicted molar refractivity (Wildman–Crippen MR) is 75.6 cm³/mol. The Morgan fingerprint density at radius 2 is 2.06 bits per heavy atom. The zero-order valence-electron chi connectivity index (χ0n) is 9.98. The highest BCUT2D eigenvalue weighted by Crippen LogP contribution is 2.21. The summed E-state index contributed by atoms with van der Waals surface area (Å²) in [5, 5.41) is 0. The molecule has 0 fully saturated rings. The number of benzene rings is 1. The molecule has 0 radical (unpaired) electrons. The van der Waals surface area contributed by atoms with Gasteiger partial charge in [-0.15, -0.1) is 0 Å². The molecular weight excluding hydrogens is 292 g/mol. The molecule has 0 bridgehead atoms. The second-order valence-electron chi connectivity index (χ2n) is 4.08. The highest BCUT2D eigenvalue weighted by atomic mass is 79.9. The second kappa shape index (κ2) is 5.31. The predicted octanol–water partition coefficient (Wildman–Crippen LogP) is 3.16. The largest absolute Gasteiger partial charge is 0.383 e. The first-order chi connectivity index (χ1) is 8.59. The van der Waals surface area contributed by atoms with Crippen LogP contribution >= 0.6 is 15.9 Å². The maximum atomic E-state index is 12.3. The minimum Gasteiger partial charge on any atom is -0.383 e. The van der Waals surface area contributed by atoms with Crippen molar-refractivity contribution in [3.63, 3.8) is 0 Å². The first-order valence-electron chi connectivity index (χ1n) is 5.57. The average Bonchev–Trinajstić information content (AvgIpc) is 2.32.